The monoisotopic (exact) mass is 248 g/mol. The quantitative estimate of drug-likeness (QED) is 0.783. The van der Waals surface area contributed by atoms with Crippen molar-refractivity contribution in [3.05, 3.63) is 30.3 Å². The summed E-state index contributed by atoms with van der Waals surface area (Å²) in [5, 5.41) is 3.46. The second kappa shape index (κ2) is 7.39. The summed E-state index contributed by atoms with van der Waals surface area (Å²) in [7, 11) is 0. The number of nitrogens with one attached hydrogen (secondary N) is 1. The molecule has 0 amide bonds. The molecule has 3 nitrogen and oxygen atoms in total. The zero-order valence-corrected chi connectivity index (χ0v) is 11.3. The molecule has 0 saturated carbocycles. The van der Waals surface area contributed by atoms with Crippen LogP contribution in [0.1, 0.15) is 19.8 Å². The van der Waals surface area contributed by atoms with Crippen LogP contribution in [0.2, 0.25) is 0 Å². The molecule has 0 radical (unpaired) electrons. The molecule has 3 heteroatoms. The topological polar surface area (TPSA) is 24.5 Å². The Morgan fingerprint density at radius 3 is 2.94 bits per heavy atom. The van der Waals surface area contributed by atoms with Crippen LogP contribution in [0, 0.1) is 0 Å². The Morgan fingerprint density at radius 1 is 1.33 bits per heavy atom. The third kappa shape index (κ3) is 4.00. The van der Waals surface area contributed by atoms with E-state index in [1.165, 1.54) is 25.1 Å². The first-order valence-corrected chi connectivity index (χ1v) is 7.01. The maximum absolute atomic E-state index is 5.52. The fourth-order valence-electron chi connectivity index (χ4n) is 2.43. The van der Waals surface area contributed by atoms with Crippen LogP contribution in [-0.4, -0.2) is 43.8 Å². The van der Waals surface area contributed by atoms with Gasteiger partial charge in [-0.3, -0.25) is 4.90 Å². The molecule has 2 rings (SSSR count). The van der Waals surface area contributed by atoms with E-state index in [1.807, 2.05) is 6.07 Å². The predicted octanol–water partition coefficient (Wildman–Crippen LogP) is 2.60. The third-order valence-corrected chi connectivity index (χ3v) is 3.55. The minimum Gasteiger partial charge on any atom is -0.385 e. The Kier molecular flexibility index (Phi) is 5.49. The van der Waals surface area contributed by atoms with Crippen molar-refractivity contribution in [2.45, 2.75) is 25.8 Å². The first kappa shape index (κ1) is 13.4. The Morgan fingerprint density at radius 2 is 2.17 bits per heavy atom. The number of rotatable bonds is 6. The number of nitrogens with zero attached hydrogens (tertiary/aromatic N) is 1. The summed E-state index contributed by atoms with van der Waals surface area (Å²) < 4.78 is 5.52. The van der Waals surface area contributed by atoms with Crippen molar-refractivity contribution in [2.24, 2.45) is 0 Å². The second-order valence-electron chi connectivity index (χ2n) is 4.82. The van der Waals surface area contributed by atoms with Crippen molar-refractivity contribution < 1.29 is 4.74 Å². The van der Waals surface area contributed by atoms with E-state index in [0.29, 0.717) is 6.04 Å². The number of para-hydroxylation sites is 1. The van der Waals surface area contributed by atoms with Crippen LogP contribution >= 0.6 is 0 Å². The normalized spacial score (nSPS) is 20.8. The van der Waals surface area contributed by atoms with E-state index in [0.717, 1.165) is 26.3 Å². The molecule has 1 atom stereocenters. The molecule has 0 spiro atoms. The molecule has 1 heterocycles. The van der Waals surface area contributed by atoms with E-state index < -0.39 is 0 Å². The van der Waals surface area contributed by atoms with E-state index >= 15 is 0 Å². The maximum Gasteiger partial charge on any atom is 0.0622 e. The van der Waals surface area contributed by atoms with Crippen LogP contribution in [0.4, 0.5) is 5.69 Å². The van der Waals surface area contributed by atoms with Crippen LogP contribution < -0.4 is 5.32 Å². The summed E-state index contributed by atoms with van der Waals surface area (Å²) in [4.78, 5) is 2.57. The number of hydrogen-bond acceptors (Lipinski definition) is 3. The molecule has 1 N–H and O–H groups in total. The molecular weight excluding hydrogens is 224 g/mol. The Bertz CT molecular complexity index is 329. The molecule has 0 aliphatic carbocycles. The average Bonchev–Trinajstić information content (AvgIpc) is 2.45. The lowest BCUT2D eigenvalue weighted by molar-refractivity contribution is -0.00852. The highest BCUT2D eigenvalue weighted by Crippen LogP contribution is 2.11. The first-order valence-electron chi connectivity index (χ1n) is 7.01. The van der Waals surface area contributed by atoms with Crippen molar-refractivity contribution in [3.63, 3.8) is 0 Å². The lowest BCUT2D eigenvalue weighted by atomic mass is 10.1. The van der Waals surface area contributed by atoms with Gasteiger partial charge in [0.25, 0.3) is 0 Å². The summed E-state index contributed by atoms with van der Waals surface area (Å²) in [6, 6.07) is 11.0. The van der Waals surface area contributed by atoms with Gasteiger partial charge in [0, 0.05) is 31.4 Å². The van der Waals surface area contributed by atoms with Crippen molar-refractivity contribution in [1.82, 2.24) is 4.90 Å². The van der Waals surface area contributed by atoms with Crippen LogP contribution in [0.5, 0.6) is 0 Å². The summed E-state index contributed by atoms with van der Waals surface area (Å²) in [5.74, 6) is 0. The smallest absolute Gasteiger partial charge is 0.0622 e. The SMILES string of the molecule is CCC1COCCN1CCCNc1ccccc1. The Balaban J connectivity index is 1.65. The lowest BCUT2D eigenvalue weighted by Crippen LogP contribution is -2.45. The van der Waals surface area contributed by atoms with Crippen molar-refractivity contribution in [1.29, 1.82) is 0 Å². The summed E-state index contributed by atoms with van der Waals surface area (Å²) in [5.41, 5.74) is 1.21. The van der Waals surface area contributed by atoms with E-state index in [1.54, 1.807) is 0 Å². The average molecular weight is 248 g/mol. The van der Waals surface area contributed by atoms with Gasteiger partial charge in [-0.05, 0) is 25.0 Å². The maximum atomic E-state index is 5.52. The zero-order valence-electron chi connectivity index (χ0n) is 11.3. The van der Waals surface area contributed by atoms with Crippen molar-refractivity contribution >= 4 is 5.69 Å². The van der Waals surface area contributed by atoms with Gasteiger partial charge in [0.05, 0.1) is 13.2 Å². The minimum atomic E-state index is 0.621. The van der Waals surface area contributed by atoms with E-state index in [-0.39, 0.29) is 0 Å². The van der Waals surface area contributed by atoms with E-state index in [9.17, 15) is 0 Å². The van der Waals surface area contributed by atoms with E-state index in [2.05, 4.69) is 41.4 Å². The van der Waals surface area contributed by atoms with Gasteiger partial charge in [0.2, 0.25) is 0 Å². The molecule has 1 unspecified atom stereocenters. The molecule has 1 aromatic rings. The molecular formula is C15H24N2O. The van der Waals surface area contributed by atoms with Crippen LogP contribution in [0.15, 0.2) is 30.3 Å². The second-order valence-corrected chi connectivity index (χ2v) is 4.82. The highest BCUT2D eigenvalue weighted by atomic mass is 16.5. The number of anilines is 1. The zero-order chi connectivity index (χ0) is 12.6. The fourth-order valence-corrected chi connectivity index (χ4v) is 2.43. The van der Waals surface area contributed by atoms with Crippen LogP contribution in [0.3, 0.4) is 0 Å². The molecule has 1 aliphatic rings. The van der Waals surface area contributed by atoms with Crippen molar-refractivity contribution in [2.75, 3.05) is 38.2 Å². The molecule has 100 valence electrons. The largest absolute Gasteiger partial charge is 0.385 e. The van der Waals surface area contributed by atoms with Gasteiger partial charge in [-0.1, -0.05) is 25.1 Å². The van der Waals surface area contributed by atoms with Gasteiger partial charge in [-0.25, -0.2) is 0 Å². The molecule has 1 fully saturated rings. The molecule has 0 aromatic heterocycles. The highest BCUT2D eigenvalue weighted by molar-refractivity contribution is 5.42. The molecule has 1 saturated heterocycles. The number of hydrogen-bond donors (Lipinski definition) is 1. The molecule has 1 aromatic carbocycles. The van der Waals surface area contributed by atoms with Gasteiger partial charge >= 0.3 is 0 Å². The Hall–Kier alpha value is -1.06. The molecule has 1 aliphatic heterocycles. The highest BCUT2D eigenvalue weighted by Gasteiger charge is 2.20. The van der Waals surface area contributed by atoms with Crippen LogP contribution in [-0.2, 0) is 4.74 Å². The molecule has 0 bridgehead atoms. The Labute approximate surface area is 110 Å². The van der Waals surface area contributed by atoms with Gasteiger partial charge in [-0.2, -0.15) is 0 Å². The summed E-state index contributed by atoms with van der Waals surface area (Å²) in [6.07, 6.45) is 2.37. The van der Waals surface area contributed by atoms with Gasteiger partial charge in [0.15, 0.2) is 0 Å². The van der Waals surface area contributed by atoms with E-state index in [4.69, 9.17) is 4.74 Å². The standard InChI is InChI=1S/C15H24N2O/c1-2-15-13-18-12-11-17(15)10-6-9-16-14-7-4-3-5-8-14/h3-5,7-8,15-16H,2,6,9-13H2,1H3. The predicted molar refractivity (Wildman–Crippen MR) is 76.0 cm³/mol. The first-order chi connectivity index (χ1) is 8.90. The number of ether oxygens (including phenoxy) is 1. The van der Waals surface area contributed by atoms with Gasteiger partial charge < -0.3 is 10.1 Å². The lowest BCUT2D eigenvalue weighted by Gasteiger charge is -2.35. The van der Waals surface area contributed by atoms with Gasteiger partial charge in [0.1, 0.15) is 0 Å². The summed E-state index contributed by atoms with van der Waals surface area (Å²) >= 11 is 0. The van der Waals surface area contributed by atoms with Crippen LogP contribution in [0.25, 0.3) is 0 Å². The fraction of sp³-hybridized carbons (Fsp3) is 0.600. The van der Waals surface area contributed by atoms with Crippen molar-refractivity contribution in [3.8, 4) is 0 Å². The molecule has 18 heavy (non-hydrogen) atoms. The third-order valence-electron chi connectivity index (χ3n) is 3.55. The summed E-state index contributed by atoms with van der Waals surface area (Å²) in [6.45, 7) is 7.34. The minimum absolute atomic E-state index is 0.621. The van der Waals surface area contributed by atoms with Gasteiger partial charge in [-0.15, -0.1) is 0 Å². The number of benzene rings is 1. The number of morpholine rings is 1.